The summed E-state index contributed by atoms with van der Waals surface area (Å²) in [4.78, 5) is 20.2. The van der Waals surface area contributed by atoms with E-state index in [0.29, 0.717) is 17.0 Å². The van der Waals surface area contributed by atoms with E-state index in [2.05, 4.69) is 28.6 Å². The van der Waals surface area contributed by atoms with E-state index in [1.807, 2.05) is 48.0 Å². The van der Waals surface area contributed by atoms with Crippen molar-refractivity contribution in [3.05, 3.63) is 60.2 Å². The smallest absolute Gasteiger partial charge is 0.255 e. The summed E-state index contributed by atoms with van der Waals surface area (Å²) in [5.41, 5.74) is 4.91. The monoisotopic (exact) mass is 428 g/mol. The number of nitrogens with one attached hydrogen (secondary N) is 1. The molecule has 7 nitrogen and oxygen atoms in total. The molecule has 7 heteroatoms. The average Bonchev–Trinajstić information content (AvgIpc) is 3.55. The molecule has 1 saturated heterocycles. The fourth-order valence-corrected chi connectivity index (χ4v) is 5.84. The predicted molar refractivity (Wildman–Crippen MR) is 125 cm³/mol. The SMILES string of the molecule is CN1CC2(CCCC2)C[C@@H]1c1cn2cc(NC(=O)c3ccc4c(cnn4C)c3)ccc2n1. The molecule has 0 unspecified atom stereocenters. The second-order valence-corrected chi connectivity index (χ2v) is 9.69. The summed E-state index contributed by atoms with van der Waals surface area (Å²) in [7, 11) is 4.13. The summed E-state index contributed by atoms with van der Waals surface area (Å²) in [5.74, 6) is -0.130. The molecule has 1 saturated carbocycles. The van der Waals surface area contributed by atoms with Crippen LogP contribution in [0.3, 0.4) is 0 Å². The molecule has 0 radical (unpaired) electrons. The molecule has 6 rings (SSSR count). The lowest BCUT2D eigenvalue weighted by molar-refractivity contribution is 0.102. The maximum atomic E-state index is 12.8. The van der Waals surface area contributed by atoms with E-state index in [9.17, 15) is 4.79 Å². The van der Waals surface area contributed by atoms with Crippen LogP contribution < -0.4 is 5.32 Å². The minimum Gasteiger partial charge on any atom is -0.321 e. The first-order valence-corrected chi connectivity index (χ1v) is 11.4. The Labute approximate surface area is 187 Å². The van der Waals surface area contributed by atoms with Crippen LogP contribution in [0.15, 0.2) is 48.9 Å². The number of pyridine rings is 1. The Balaban J connectivity index is 1.23. The normalized spacial score (nSPS) is 20.6. The van der Waals surface area contributed by atoms with Gasteiger partial charge in [0.2, 0.25) is 0 Å². The highest BCUT2D eigenvalue weighted by atomic mass is 16.1. The molecule has 1 spiro atoms. The van der Waals surface area contributed by atoms with Crippen LogP contribution in [-0.4, -0.2) is 43.6 Å². The van der Waals surface area contributed by atoms with Crippen molar-refractivity contribution >= 4 is 28.1 Å². The lowest BCUT2D eigenvalue weighted by Gasteiger charge is -2.21. The largest absolute Gasteiger partial charge is 0.321 e. The maximum Gasteiger partial charge on any atom is 0.255 e. The van der Waals surface area contributed by atoms with Crippen molar-refractivity contribution in [3.63, 3.8) is 0 Å². The molecular formula is C25H28N6O. The van der Waals surface area contributed by atoms with Crippen LogP contribution in [0, 0.1) is 5.41 Å². The molecule has 4 heterocycles. The van der Waals surface area contributed by atoms with Crippen LogP contribution in [0.5, 0.6) is 0 Å². The Morgan fingerprint density at radius 2 is 1.97 bits per heavy atom. The Bertz CT molecular complexity index is 1330. The van der Waals surface area contributed by atoms with E-state index < -0.39 is 0 Å². The zero-order chi connectivity index (χ0) is 21.9. The number of fused-ring (bicyclic) bond motifs is 2. The van der Waals surface area contributed by atoms with Gasteiger partial charge in [0, 0.05) is 36.9 Å². The van der Waals surface area contributed by atoms with Gasteiger partial charge in [-0.3, -0.25) is 14.4 Å². The van der Waals surface area contributed by atoms with Crippen molar-refractivity contribution in [2.45, 2.75) is 38.1 Å². The van der Waals surface area contributed by atoms with Gasteiger partial charge in [0.25, 0.3) is 5.91 Å². The minimum absolute atomic E-state index is 0.130. The topological polar surface area (TPSA) is 67.5 Å². The third kappa shape index (κ3) is 3.19. The number of hydrogen-bond donors (Lipinski definition) is 1. The molecule has 1 N–H and O–H groups in total. The number of carbonyl (C=O) groups excluding carboxylic acids is 1. The number of hydrogen-bond acceptors (Lipinski definition) is 4. The molecule has 3 aromatic heterocycles. The number of anilines is 1. The quantitative estimate of drug-likeness (QED) is 0.525. The van der Waals surface area contributed by atoms with Crippen molar-refractivity contribution in [2.75, 3.05) is 18.9 Å². The van der Waals surface area contributed by atoms with Crippen LogP contribution in [0.1, 0.15) is 54.2 Å². The first-order chi connectivity index (χ1) is 15.5. The van der Waals surface area contributed by atoms with Crippen molar-refractivity contribution in [1.29, 1.82) is 0 Å². The van der Waals surface area contributed by atoms with Crippen LogP contribution >= 0.6 is 0 Å². The number of carbonyl (C=O) groups is 1. The lowest BCUT2D eigenvalue weighted by atomic mass is 9.83. The van der Waals surface area contributed by atoms with E-state index >= 15 is 0 Å². The number of amides is 1. The first-order valence-electron chi connectivity index (χ1n) is 11.4. The van der Waals surface area contributed by atoms with Gasteiger partial charge in [-0.15, -0.1) is 0 Å². The molecule has 1 atom stereocenters. The molecule has 0 bridgehead atoms. The van der Waals surface area contributed by atoms with Gasteiger partial charge in [-0.2, -0.15) is 5.10 Å². The van der Waals surface area contributed by atoms with Crippen LogP contribution in [0.25, 0.3) is 16.6 Å². The zero-order valence-electron chi connectivity index (χ0n) is 18.6. The maximum absolute atomic E-state index is 12.8. The zero-order valence-corrected chi connectivity index (χ0v) is 18.6. The van der Waals surface area contributed by atoms with Gasteiger partial charge in [-0.25, -0.2) is 4.98 Å². The average molecular weight is 429 g/mol. The minimum atomic E-state index is -0.130. The Kier molecular flexibility index (Phi) is 4.37. The van der Waals surface area contributed by atoms with E-state index in [-0.39, 0.29) is 5.91 Å². The summed E-state index contributed by atoms with van der Waals surface area (Å²) < 4.78 is 3.83. The van der Waals surface area contributed by atoms with Gasteiger partial charge in [-0.1, -0.05) is 12.8 Å². The molecular weight excluding hydrogens is 400 g/mol. The molecule has 2 fully saturated rings. The number of aryl methyl sites for hydroxylation is 1. The van der Waals surface area contributed by atoms with Crippen molar-refractivity contribution in [3.8, 4) is 0 Å². The third-order valence-corrected chi connectivity index (χ3v) is 7.48. The summed E-state index contributed by atoms with van der Waals surface area (Å²) in [5, 5.41) is 8.23. The molecule has 32 heavy (non-hydrogen) atoms. The summed E-state index contributed by atoms with van der Waals surface area (Å²) in [6, 6.07) is 9.91. The van der Waals surface area contributed by atoms with Crippen molar-refractivity contribution < 1.29 is 4.79 Å². The molecule has 1 amide bonds. The van der Waals surface area contributed by atoms with Crippen molar-refractivity contribution in [1.82, 2.24) is 24.1 Å². The summed E-state index contributed by atoms with van der Waals surface area (Å²) in [6.45, 7) is 1.17. The highest BCUT2D eigenvalue weighted by Gasteiger charge is 2.45. The molecule has 1 aromatic carbocycles. The Hall–Kier alpha value is -3.19. The number of aromatic nitrogens is 4. The molecule has 1 aliphatic heterocycles. The van der Waals surface area contributed by atoms with Crippen LogP contribution in [0.4, 0.5) is 5.69 Å². The summed E-state index contributed by atoms with van der Waals surface area (Å²) in [6.07, 6.45) is 12.5. The lowest BCUT2D eigenvalue weighted by Crippen LogP contribution is -2.22. The third-order valence-electron chi connectivity index (χ3n) is 7.48. The van der Waals surface area contributed by atoms with Crippen molar-refractivity contribution in [2.24, 2.45) is 12.5 Å². The van der Waals surface area contributed by atoms with Gasteiger partial charge >= 0.3 is 0 Å². The van der Waals surface area contributed by atoms with Gasteiger partial charge in [0.05, 0.1) is 29.1 Å². The van der Waals surface area contributed by atoms with E-state index in [4.69, 9.17) is 4.98 Å². The van der Waals surface area contributed by atoms with Gasteiger partial charge in [0.1, 0.15) is 5.65 Å². The molecule has 164 valence electrons. The molecule has 4 aromatic rings. The highest BCUT2D eigenvalue weighted by Crippen LogP contribution is 2.51. The number of imidazole rings is 1. The Morgan fingerprint density at radius 3 is 2.81 bits per heavy atom. The predicted octanol–water partition coefficient (Wildman–Crippen LogP) is 4.41. The van der Waals surface area contributed by atoms with Gasteiger partial charge < -0.3 is 9.72 Å². The standard InChI is InChI=1S/C25H28N6O/c1-29-16-25(9-3-4-10-25)12-22(29)20-15-31-14-19(6-8-23(31)28-20)27-24(32)17-5-7-21-18(11-17)13-26-30(21)2/h5-8,11,13-15,22H,3-4,9-10,12,16H2,1-2H3,(H,27,32)/t22-/m1/s1. The number of nitrogens with zero attached hydrogens (tertiary/aromatic N) is 5. The fraction of sp³-hybridized carbons (Fsp3) is 0.400. The Morgan fingerprint density at radius 1 is 1.12 bits per heavy atom. The highest BCUT2D eigenvalue weighted by molar-refractivity contribution is 6.06. The van der Waals surface area contributed by atoms with E-state index in [1.54, 1.807) is 10.9 Å². The number of benzene rings is 1. The second-order valence-electron chi connectivity index (χ2n) is 9.69. The van der Waals surface area contributed by atoms with Crippen LogP contribution in [-0.2, 0) is 7.05 Å². The van der Waals surface area contributed by atoms with Gasteiger partial charge in [0.15, 0.2) is 0 Å². The van der Waals surface area contributed by atoms with Crippen LogP contribution in [0.2, 0.25) is 0 Å². The summed E-state index contributed by atoms with van der Waals surface area (Å²) >= 11 is 0. The number of likely N-dealkylation sites (tertiary alicyclic amines) is 1. The van der Waals surface area contributed by atoms with E-state index in [0.717, 1.165) is 27.9 Å². The number of rotatable bonds is 3. The first kappa shape index (κ1) is 19.5. The van der Waals surface area contributed by atoms with E-state index in [1.165, 1.54) is 38.6 Å². The fourth-order valence-electron chi connectivity index (χ4n) is 5.84. The second kappa shape index (κ2) is 7.17. The molecule has 2 aliphatic rings. The van der Waals surface area contributed by atoms with Gasteiger partial charge in [-0.05, 0) is 62.1 Å². The molecule has 1 aliphatic carbocycles.